The molecule has 2 aliphatic heterocycles. The Hall–Kier alpha value is -2.94. The Bertz CT molecular complexity index is 1600. The minimum Gasteiger partial charge on any atom is -0.307 e. The molecule has 3 N–H and O–H groups in total. The smallest absolute Gasteiger partial charge is 0.307 e. The van der Waals surface area contributed by atoms with E-state index in [-0.39, 0.29) is 140 Å². The zero-order valence-electron chi connectivity index (χ0n) is 28.9. The second kappa shape index (κ2) is 14.6. The third-order valence-corrected chi connectivity index (χ3v) is 14.3. The predicted octanol–water partition coefficient (Wildman–Crippen LogP) is 2.06. The van der Waals surface area contributed by atoms with Gasteiger partial charge in [-0.3, -0.25) is 47.3 Å². The fourth-order valence-corrected chi connectivity index (χ4v) is 11.9. The molecule has 6 bridgehead atoms. The van der Waals surface area contributed by atoms with Crippen molar-refractivity contribution >= 4 is 51.8 Å². The summed E-state index contributed by atoms with van der Waals surface area (Å²) in [6.07, 6.45) is 15.6. The summed E-state index contributed by atoms with van der Waals surface area (Å²) in [4.78, 5) is 100. The fraction of sp³-hybridized carbons (Fsp3) is 0.657. The highest BCUT2D eigenvalue weighted by molar-refractivity contribution is 7.47. The number of phosphoric acid groups is 2. The Morgan fingerprint density at radius 1 is 0.585 bits per heavy atom. The molecule has 0 spiro atoms. The van der Waals surface area contributed by atoms with Gasteiger partial charge in [0.05, 0.1) is 43.5 Å². The van der Waals surface area contributed by atoms with Crippen LogP contribution in [0.4, 0.5) is 0 Å². The van der Waals surface area contributed by atoms with Gasteiger partial charge in [0.2, 0.25) is 23.6 Å². The van der Waals surface area contributed by atoms with Crippen LogP contribution in [0.1, 0.15) is 32.1 Å². The molecule has 0 aromatic carbocycles. The maximum Gasteiger partial charge on any atom is 0.472 e. The molecule has 18 heteroatoms. The van der Waals surface area contributed by atoms with E-state index in [2.05, 4.69) is 16.7 Å². The van der Waals surface area contributed by atoms with Gasteiger partial charge >= 0.3 is 15.6 Å². The first-order chi connectivity index (χ1) is 25.2. The Morgan fingerprint density at radius 2 is 0.943 bits per heavy atom. The number of allylic oxidation sites excluding steroid dienone is 6. The number of carbonyl (C=O) groups excluding carboxylic acids is 6. The van der Waals surface area contributed by atoms with Crippen molar-refractivity contribution in [2.24, 2.45) is 76.9 Å². The van der Waals surface area contributed by atoms with Crippen molar-refractivity contribution in [2.45, 2.75) is 32.1 Å². The van der Waals surface area contributed by atoms with E-state index in [4.69, 9.17) is 23.6 Å². The Morgan fingerprint density at radius 3 is 1.34 bits per heavy atom. The van der Waals surface area contributed by atoms with Gasteiger partial charge in [-0.1, -0.05) is 36.5 Å². The van der Waals surface area contributed by atoms with Crippen LogP contribution in [-0.4, -0.2) is 93.6 Å². The molecule has 9 rings (SSSR count). The Labute approximate surface area is 305 Å². The van der Waals surface area contributed by atoms with Gasteiger partial charge in [0, 0.05) is 24.9 Å². The summed E-state index contributed by atoms with van der Waals surface area (Å²) < 4.78 is 37.2. The monoisotopic (exact) mass is 778 g/mol. The van der Waals surface area contributed by atoms with Crippen LogP contribution < -0.4 is 0 Å². The van der Waals surface area contributed by atoms with Crippen molar-refractivity contribution in [3.63, 3.8) is 0 Å². The van der Waals surface area contributed by atoms with Crippen molar-refractivity contribution in [3.8, 4) is 0 Å². The number of hydrogen-bond donors (Lipinski definition) is 3. The number of nitrogens with zero attached hydrogens (tertiary/aromatic N) is 2. The van der Waals surface area contributed by atoms with E-state index >= 15 is 0 Å². The van der Waals surface area contributed by atoms with E-state index in [1.54, 1.807) is 0 Å². The molecule has 13 atom stereocenters. The highest BCUT2D eigenvalue weighted by Gasteiger charge is 2.62. The largest absolute Gasteiger partial charge is 0.472 e. The standard InChI is InChI=1S/C24H29N2O8P.C10H13O5P.CH2O/c27-21-17-13-3-4-14(11-13)18(17)22(28)25(21)7-1-9-33-35(31,32)34-10-2-8-26-23(29)19-15-5-6-16(12-15)20(19)24(26)30;11-10-7(4-15-16(12,13)14)8-5-1-2-6(3-5)9(8)10;1-2/h3-6,13-20H,1-2,7-12H2,(H,31,32);1-2,5-9H,3-4H2,(H2,12,13,14);1H2. The quantitative estimate of drug-likeness (QED) is 0.105. The molecule has 0 radical (unpaired) electrons. The lowest BCUT2D eigenvalue weighted by molar-refractivity contribution is -0.146. The molecule has 0 aromatic heterocycles. The molecule has 288 valence electrons. The Balaban J connectivity index is 0.000000201. The van der Waals surface area contributed by atoms with Crippen LogP contribution in [-0.2, 0) is 51.5 Å². The summed E-state index contributed by atoms with van der Waals surface area (Å²) in [5, 5.41) is 0. The minimum absolute atomic E-state index is 0.0976. The maximum atomic E-state index is 12.7. The number of Topliss-reactive ketones (excluding diaryl/α,β-unsaturated/α-hetero) is 1. The second-order valence-corrected chi connectivity index (χ2v) is 18.0. The number of phosphoric ester groups is 2. The molecule has 9 aliphatic rings. The third-order valence-electron chi connectivity index (χ3n) is 12.8. The number of fused-ring (bicyclic) bond motifs is 15. The molecule has 16 nitrogen and oxygen atoms in total. The van der Waals surface area contributed by atoms with Crippen LogP contribution in [0.15, 0.2) is 36.5 Å². The summed E-state index contributed by atoms with van der Waals surface area (Å²) in [6, 6.07) is 0. The lowest BCUT2D eigenvalue weighted by atomic mass is 9.59. The van der Waals surface area contributed by atoms with E-state index in [1.165, 1.54) is 9.80 Å². The minimum atomic E-state index is -4.45. The summed E-state index contributed by atoms with van der Waals surface area (Å²) in [5.74, 6) is -0.115. The van der Waals surface area contributed by atoms with Gasteiger partial charge in [-0.15, -0.1) is 0 Å². The second-order valence-electron chi connectivity index (χ2n) is 15.3. The third kappa shape index (κ3) is 6.84. The molecule has 7 aliphatic carbocycles. The predicted molar refractivity (Wildman–Crippen MR) is 181 cm³/mol. The van der Waals surface area contributed by atoms with Crippen molar-refractivity contribution in [1.29, 1.82) is 0 Å². The zero-order chi connectivity index (χ0) is 38.0. The maximum absolute atomic E-state index is 12.7. The molecule has 13 unspecified atom stereocenters. The first kappa shape index (κ1) is 38.3. The first-order valence-corrected chi connectivity index (χ1v) is 21.2. The average molecular weight is 779 g/mol. The number of rotatable bonds is 13. The summed E-state index contributed by atoms with van der Waals surface area (Å²) in [5.41, 5.74) is 0. The van der Waals surface area contributed by atoms with Crippen molar-refractivity contribution in [2.75, 3.05) is 32.9 Å². The van der Waals surface area contributed by atoms with E-state index in [1.807, 2.05) is 31.1 Å². The highest BCUT2D eigenvalue weighted by atomic mass is 31.2. The first-order valence-electron chi connectivity index (χ1n) is 18.1. The average Bonchev–Trinajstić information content (AvgIpc) is 3.99. The van der Waals surface area contributed by atoms with Crippen LogP contribution in [0.5, 0.6) is 0 Å². The number of likely N-dealkylation sites (tertiary alicyclic amines) is 2. The lowest BCUT2D eigenvalue weighted by Crippen LogP contribution is -2.51. The summed E-state index contributed by atoms with van der Waals surface area (Å²) in [7, 11) is -8.78. The van der Waals surface area contributed by atoms with Gasteiger partial charge < -0.3 is 19.5 Å². The number of amides is 4. The molecule has 4 amide bonds. The fourth-order valence-electron chi connectivity index (χ4n) is 10.7. The van der Waals surface area contributed by atoms with Gasteiger partial charge in [-0.05, 0) is 73.5 Å². The van der Waals surface area contributed by atoms with Gasteiger partial charge in [-0.25, -0.2) is 9.13 Å². The molecule has 6 fully saturated rings. The molecule has 2 heterocycles. The van der Waals surface area contributed by atoms with E-state index < -0.39 is 15.6 Å². The molecular weight excluding hydrogens is 734 g/mol. The molecule has 0 aromatic rings. The van der Waals surface area contributed by atoms with Gasteiger partial charge in [0.15, 0.2) is 0 Å². The van der Waals surface area contributed by atoms with Crippen LogP contribution in [0.3, 0.4) is 0 Å². The van der Waals surface area contributed by atoms with Crippen LogP contribution >= 0.6 is 15.6 Å². The summed E-state index contributed by atoms with van der Waals surface area (Å²) in [6.45, 7) is 1.85. The molecular formula is C35H44N2O14P2. The van der Waals surface area contributed by atoms with Crippen LogP contribution in [0.2, 0.25) is 0 Å². The molecule has 53 heavy (non-hydrogen) atoms. The van der Waals surface area contributed by atoms with E-state index in [0.717, 1.165) is 19.3 Å². The van der Waals surface area contributed by atoms with Crippen molar-refractivity contribution in [3.05, 3.63) is 36.5 Å². The number of carbonyl (C=O) groups is 6. The van der Waals surface area contributed by atoms with Crippen LogP contribution in [0.25, 0.3) is 0 Å². The highest BCUT2D eigenvalue weighted by Crippen LogP contribution is 2.59. The van der Waals surface area contributed by atoms with Gasteiger partial charge in [0.1, 0.15) is 12.6 Å². The van der Waals surface area contributed by atoms with E-state index in [9.17, 15) is 38.0 Å². The lowest BCUT2D eigenvalue weighted by Gasteiger charge is -2.43. The SMILES string of the molecule is C=O.O=C1C(COP(=O)(O)O)C2C3C=CC(C3)C12.O=C1C2C3C=CC(C3)C2C(=O)N1CCCOP(=O)(O)OCCCN1C(=O)C2C3C=CC(C3)C2C1=O. The molecule has 4 saturated carbocycles. The zero-order valence-corrected chi connectivity index (χ0v) is 30.7. The number of imide groups is 2. The normalized spacial score (nSPS) is 39.9. The van der Waals surface area contributed by atoms with Gasteiger partial charge in [0.25, 0.3) is 0 Å². The van der Waals surface area contributed by atoms with Crippen molar-refractivity contribution < 1.29 is 66.1 Å². The van der Waals surface area contributed by atoms with E-state index in [0.29, 0.717) is 11.8 Å². The Kier molecular flexibility index (Phi) is 10.6. The summed E-state index contributed by atoms with van der Waals surface area (Å²) >= 11 is 0. The number of hydrogen-bond acceptors (Lipinski definition) is 11. The topological polar surface area (TPSA) is 231 Å². The van der Waals surface area contributed by atoms with Crippen molar-refractivity contribution in [1.82, 2.24) is 9.80 Å². The van der Waals surface area contributed by atoms with Crippen LogP contribution in [0, 0.1) is 76.9 Å². The molecule has 2 saturated heterocycles. The van der Waals surface area contributed by atoms with Gasteiger partial charge in [-0.2, -0.15) is 0 Å². The number of ketones is 1.